The summed E-state index contributed by atoms with van der Waals surface area (Å²) >= 11 is 1.56. The summed E-state index contributed by atoms with van der Waals surface area (Å²) in [6.45, 7) is 0.786. The molecule has 22 heavy (non-hydrogen) atoms. The quantitative estimate of drug-likeness (QED) is 0.847. The van der Waals surface area contributed by atoms with Gasteiger partial charge in [-0.1, -0.05) is 5.16 Å². The lowest BCUT2D eigenvalue weighted by atomic mass is 10.2. The summed E-state index contributed by atoms with van der Waals surface area (Å²) < 4.78 is 5.34. The van der Waals surface area contributed by atoms with Crippen LogP contribution in [0.3, 0.4) is 0 Å². The van der Waals surface area contributed by atoms with Gasteiger partial charge < -0.3 is 9.42 Å². The number of hydrogen-bond donors (Lipinski definition) is 0. The number of amides is 1. The van der Waals surface area contributed by atoms with Gasteiger partial charge in [0.1, 0.15) is 0 Å². The van der Waals surface area contributed by atoms with Gasteiger partial charge in [-0.15, -0.1) is 11.3 Å². The minimum Gasteiger partial charge on any atom is -0.339 e. The molecule has 0 aromatic carbocycles. The molecule has 2 aliphatic rings. The lowest BCUT2D eigenvalue weighted by Crippen LogP contribution is -2.31. The van der Waals surface area contributed by atoms with Crippen molar-refractivity contribution in [2.24, 2.45) is 0 Å². The van der Waals surface area contributed by atoms with Crippen LogP contribution in [-0.4, -0.2) is 32.5 Å². The molecule has 1 aliphatic carbocycles. The van der Waals surface area contributed by atoms with Gasteiger partial charge in [-0.05, 0) is 32.1 Å². The number of aryl methyl sites for hydroxylation is 1. The molecule has 1 saturated carbocycles. The highest BCUT2D eigenvalue weighted by Gasteiger charge is 2.35. The largest absolute Gasteiger partial charge is 0.339 e. The minimum atomic E-state index is -0.0146. The Balaban J connectivity index is 1.42. The van der Waals surface area contributed by atoms with Gasteiger partial charge in [0.05, 0.1) is 17.2 Å². The highest BCUT2D eigenvalue weighted by Crippen LogP contribution is 2.40. The van der Waals surface area contributed by atoms with E-state index in [1.165, 1.54) is 0 Å². The van der Waals surface area contributed by atoms with E-state index in [1.54, 1.807) is 16.8 Å². The van der Waals surface area contributed by atoms with Crippen LogP contribution in [0, 0.1) is 0 Å². The van der Waals surface area contributed by atoms with E-state index in [2.05, 4.69) is 15.1 Å². The number of nitrogens with zero attached hydrogens (tertiary/aromatic N) is 4. The van der Waals surface area contributed by atoms with Gasteiger partial charge in [-0.3, -0.25) is 4.79 Å². The monoisotopic (exact) mass is 318 g/mol. The molecule has 6 nitrogen and oxygen atoms in total. The van der Waals surface area contributed by atoms with E-state index in [9.17, 15) is 4.79 Å². The fourth-order valence-electron chi connectivity index (χ4n) is 2.95. The first kappa shape index (κ1) is 13.9. The van der Waals surface area contributed by atoms with Crippen molar-refractivity contribution >= 4 is 17.2 Å². The Morgan fingerprint density at radius 1 is 1.41 bits per heavy atom. The molecule has 116 valence electrons. The number of hydrogen-bond acceptors (Lipinski definition) is 6. The second kappa shape index (κ2) is 5.79. The first-order valence-electron chi connectivity index (χ1n) is 7.81. The number of aromatic nitrogens is 3. The van der Waals surface area contributed by atoms with Crippen molar-refractivity contribution < 1.29 is 9.32 Å². The highest BCUT2D eigenvalue weighted by molar-refractivity contribution is 7.07. The van der Waals surface area contributed by atoms with Crippen molar-refractivity contribution in [1.29, 1.82) is 0 Å². The maximum absolute atomic E-state index is 12.5. The van der Waals surface area contributed by atoms with Gasteiger partial charge in [0, 0.05) is 24.3 Å². The van der Waals surface area contributed by atoms with E-state index in [-0.39, 0.29) is 11.9 Å². The van der Waals surface area contributed by atoms with Crippen LogP contribution < -0.4 is 0 Å². The van der Waals surface area contributed by atoms with Crippen molar-refractivity contribution in [2.45, 2.75) is 50.5 Å². The smallest absolute Gasteiger partial charge is 0.229 e. The molecule has 1 atom stereocenters. The second-order valence-electron chi connectivity index (χ2n) is 5.99. The molecule has 1 saturated heterocycles. The molecule has 1 aliphatic heterocycles. The van der Waals surface area contributed by atoms with Crippen molar-refractivity contribution in [3.8, 4) is 0 Å². The van der Waals surface area contributed by atoms with E-state index in [0.717, 1.165) is 43.8 Å². The Hall–Kier alpha value is -1.76. The molecule has 0 bridgehead atoms. The number of likely N-dealkylation sites (tertiary alicyclic amines) is 1. The zero-order chi connectivity index (χ0) is 14.9. The third-order valence-electron chi connectivity index (χ3n) is 4.33. The van der Waals surface area contributed by atoms with Crippen molar-refractivity contribution in [1.82, 2.24) is 20.0 Å². The third kappa shape index (κ3) is 2.77. The fraction of sp³-hybridized carbons (Fsp3) is 0.600. The number of carbonyl (C=O) groups is 1. The van der Waals surface area contributed by atoms with Gasteiger partial charge >= 0.3 is 0 Å². The molecule has 3 heterocycles. The Labute approximate surface area is 132 Å². The summed E-state index contributed by atoms with van der Waals surface area (Å²) in [4.78, 5) is 23.1. The summed E-state index contributed by atoms with van der Waals surface area (Å²) in [6, 6.07) is -0.0146. The van der Waals surface area contributed by atoms with Crippen LogP contribution in [-0.2, 0) is 11.2 Å². The summed E-state index contributed by atoms with van der Waals surface area (Å²) in [7, 11) is 0. The molecule has 0 N–H and O–H groups in total. The zero-order valence-corrected chi connectivity index (χ0v) is 13.1. The van der Waals surface area contributed by atoms with Gasteiger partial charge in [0.25, 0.3) is 0 Å². The summed E-state index contributed by atoms with van der Waals surface area (Å²) in [5.41, 5.74) is 2.79. The lowest BCUT2D eigenvalue weighted by Gasteiger charge is -2.22. The average Bonchev–Trinajstić information content (AvgIpc) is 3.02. The topological polar surface area (TPSA) is 72.1 Å². The predicted octanol–water partition coefficient (Wildman–Crippen LogP) is 2.70. The van der Waals surface area contributed by atoms with Gasteiger partial charge in [0.15, 0.2) is 5.82 Å². The third-order valence-corrected chi connectivity index (χ3v) is 4.97. The summed E-state index contributed by atoms with van der Waals surface area (Å²) in [5.74, 6) is 2.04. The number of thiazole rings is 1. The first-order valence-corrected chi connectivity index (χ1v) is 8.75. The van der Waals surface area contributed by atoms with E-state index in [4.69, 9.17) is 4.52 Å². The Bertz CT molecular complexity index is 650. The maximum atomic E-state index is 12.5. The molecular weight excluding hydrogens is 300 g/mol. The molecular formula is C15H18N4O2S. The SMILES string of the molecule is O=C(CCc1cscn1)N1CCCC1c1noc(C2CC2)n1. The molecule has 1 unspecified atom stereocenters. The van der Waals surface area contributed by atoms with Gasteiger partial charge in [-0.25, -0.2) is 4.98 Å². The predicted molar refractivity (Wildman–Crippen MR) is 80.4 cm³/mol. The normalized spacial score (nSPS) is 21.5. The minimum absolute atomic E-state index is 0.0146. The van der Waals surface area contributed by atoms with Crippen LogP contribution >= 0.6 is 11.3 Å². The molecule has 2 aromatic heterocycles. The summed E-state index contributed by atoms with van der Waals surface area (Å²) in [6.07, 6.45) is 5.40. The standard InChI is InChI=1S/C15H18N4O2S/c20-13(6-5-11-8-22-9-16-11)19-7-1-2-12(19)14-17-15(21-18-14)10-3-4-10/h8-10,12H,1-7H2. The van der Waals surface area contributed by atoms with Crippen molar-refractivity contribution in [2.75, 3.05) is 6.54 Å². The van der Waals surface area contributed by atoms with E-state index < -0.39 is 0 Å². The molecule has 1 amide bonds. The van der Waals surface area contributed by atoms with E-state index >= 15 is 0 Å². The van der Waals surface area contributed by atoms with Crippen molar-refractivity contribution in [3.05, 3.63) is 28.3 Å². The number of rotatable bonds is 5. The molecule has 7 heteroatoms. The first-order chi connectivity index (χ1) is 10.8. The Kier molecular flexibility index (Phi) is 3.65. The molecule has 2 fully saturated rings. The van der Waals surface area contributed by atoms with Gasteiger partial charge in [0.2, 0.25) is 11.8 Å². The Morgan fingerprint density at radius 3 is 3.09 bits per heavy atom. The fourth-order valence-corrected chi connectivity index (χ4v) is 3.54. The van der Waals surface area contributed by atoms with E-state index in [0.29, 0.717) is 24.6 Å². The zero-order valence-electron chi connectivity index (χ0n) is 12.3. The lowest BCUT2D eigenvalue weighted by molar-refractivity contribution is -0.132. The van der Waals surface area contributed by atoms with E-state index in [1.807, 2.05) is 10.3 Å². The van der Waals surface area contributed by atoms with Crippen LogP contribution in [0.25, 0.3) is 0 Å². The van der Waals surface area contributed by atoms with Crippen LogP contribution in [0.15, 0.2) is 15.4 Å². The Morgan fingerprint density at radius 2 is 2.32 bits per heavy atom. The van der Waals surface area contributed by atoms with Crippen LogP contribution in [0.4, 0.5) is 0 Å². The molecule has 4 rings (SSSR count). The summed E-state index contributed by atoms with van der Waals surface area (Å²) in [5, 5.41) is 6.11. The van der Waals surface area contributed by atoms with Crippen molar-refractivity contribution in [3.63, 3.8) is 0 Å². The van der Waals surface area contributed by atoms with Crippen LogP contribution in [0.5, 0.6) is 0 Å². The molecule has 2 aromatic rings. The maximum Gasteiger partial charge on any atom is 0.229 e. The molecule has 0 radical (unpaired) electrons. The van der Waals surface area contributed by atoms with Gasteiger partial charge in [-0.2, -0.15) is 4.98 Å². The highest BCUT2D eigenvalue weighted by atomic mass is 32.1. The van der Waals surface area contributed by atoms with Crippen LogP contribution in [0.2, 0.25) is 0 Å². The molecule has 0 spiro atoms. The average molecular weight is 318 g/mol. The van der Waals surface area contributed by atoms with Crippen LogP contribution in [0.1, 0.15) is 61.5 Å². The second-order valence-corrected chi connectivity index (χ2v) is 6.71. The number of carbonyl (C=O) groups excluding carboxylic acids is 1.